The summed E-state index contributed by atoms with van der Waals surface area (Å²) in [5.41, 5.74) is 1.99. The molecule has 0 aromatic heterocycles. The van der Waals surface area contributed by atoms with E-state index in [0.29, 0.717) is 25.3 Å². The Labute approximate surface area is 88.2 Å². The minimum Gasteiger partial charge on any atom is -0.481 e. The number of hydrogen-bond donors (Lipinski definition) is 4. The predicted octanol–water partition coefficient (Wildman–Crippen LogP) is 0.0503. The third-order valence-electron chi connectivity index (χ3n) is 2.88. The zero-order valence-corrected chi connectivity index (χ0v) is 8.53. The summed E-state index contributed by atoms with van der Waals surface area (Å²) in [5, 5.41) is 11.4. The van der Waals surface area contributed by atoms with Gasteiger partial charge >= 0.3 is 12.0 Å². The molecule has 6 heteroatoms. The van der Waals surface area contributed by atoms with Crippen molar-refractivity contribution < 1.29 is 14.7 Å². The summed E-state index contributed by atoms with van der Waals surface area (Å²) in [7, 11) is 0. The standard InChI is InChI=1S/C9H17N3O3/c10-12-9(15)11-5-6-1-3-7(4-2-6)8(13)14/h6-7H,1-5,10H2,(H,13,14)(H2,11,12,15). The zero-order chi connectivity index (χ0) is 11.3. The van der Waals surface area contributed by atoms with Gasteiger partial charge in [-0.3, -0.25) is 10.2 Å². The number of carbonyl (C=O) groups is 2. The number of amides is 2. The van der Waals surface area contributed by atoms with E-state index in [4.69, 9.17) is 10.9 Å². The van der Waals surface area contributed by atoms with E-state index < -0.39 is 12.0 Å². The molecule has 1 fully saturated rings. The van der Waals surface area contributed by atoms with E-state index in [2.05, 4.69) is 5.32 Å². The molecule has 86 valence electrons. The summed E-state index contributed by atoms with van der Waals surface area (Å²) in [5.74, 6) is 4.37. The summed E-state index contributed by atoms with van der Waals surface area (Å²) in [6.07, 6.45) is 3.10. The number of aliphatic carboxylic acids is 1. The van der Waals surface area contributed by atoms with E-state index in [1.807, 2.05) is 5.43 Å². The van der Waals surface area contributed by atoms with Crippen molar-refractivity contribution in [2.24, 2.45) is 17.7 Å². The lowest BCUT2D eigenvalue weighted by Gasteiger charge is -2.25. The number of carboxylic acids is 1. The number of carboxylic acid groups (broad SMARTS) is 1. The highest BCUT2D eigenvalue weighted by atomic mass is 16.4. The van der Waals surface area contributed by atoms with E-state index >= 15 is 0 Å². The molecule has 1 aliphatic rings. The second-order valence-electron chi connectivity index (χ2n) is 3.91. The van der Waals surface area contributed by atoms with Gasteiger partial charge in [0, 0.05) is 6.54 Å². The van der Waals surface area contributed by atoms with E-state index in [1.165, 1.54) is 0 Å². The highest BCUT2D eigenvalue weighted by Crippen LogP contribution is 2.28. The average Bonchev–Trinajstić information content (AvgIpc) is 2.26. The van der Waals surface area contributed by atoms with Gasteiger partial charge in [-0.1, -0.05) is 0 Å². The van der Waals surface area contributed by atoms with Crippen LogP contribution in [0.5, 0.6) is 0 Å². The SMILES string of the molecule is NNC(=O)NCC1CCC(C(=O)O)CC1. The molecule has 0 radical (unpaired) electrons. The van der Waals surface area contributed by atoms with Gasteiger partial charge in [0.25, 0.3) is 0 Å². The molecule has 0 bridgehead atoms. The smallest absolute Gasteiger partial charge is 0.328 e. The Bertz CT molecular complexity index is 237. The predicted molar refractivity (Wildman–Crippen MR) is 53.8 cm³/mol. The van der Waals surface area contributed by atoms with Gasteiger partial charge in [0.15, 0.2) is 0 Å². The van der Waals surface area contributed by atoms with Gasteiger partial charge in [0.1, 0.15) is 0 Å². The van der Waals surface area contributed by atoms with Crippen LogP contribution in [0.1, 0.15) is 25.7 Å². The van der Waals surface area contributed by atoms with Gasteiger partial charge in [-0.2, -0.15) is 0 Å². The van der Waals surface area contributed by atoms with E-state index in [0.717, 1.165) is 12.8 Å². The number of carbonyl (C=O) groups excluding carboxylic acids is 1. The second kappa shape index (κ2) is 5.55. The molecule has 0 aliphatic heterocycles. The Morgan fingerprint density at radius 1 is 1.27 bits per heavy atom. The Morgan fingerprint density at radius 2 is 1.87 bits per heavy atom. The Balaban J connectivity index is 2.20. The highest BCUT2D eigenvalue weighted by Gasteiger charge is 2.25. The van der Waals surface area contributed by atoms with Gasteiger partial charge in [-0.25, -0.2) is 10.6 Å². The van der Waals surface area contributed by atoms with Gasteiger partial charge in [-0.05, 0) is 31.6 Å². The first-order valence-corrected chi connectivity index (χ1v) is 5.10. The summed E-state index contributed by atoms with van der Waals surface area (Å²) in [6, 6.07) is -0.393. The lowest BCUT2D eigenvalue weighted by atomic mass is 9.82. The van der Waals surface area contributed by atoms with Crippen LogP contribution in [0.4, 0.5) is 4.79 Å². The first kappa shape index (κ1) is 11.8. The molecule has 0 unspecified atom stereocenters. The van der Waals surface area contributed by atoms with Gasteiger partial charge in [-0.15, -0.1) is 0 Å². The zero-order valence-electron chi connectivity index (χ0n) is 8.53. The molecule has 6 nitrogen and oxygen atoms in total. The lowest BCUT2D eigenvalue weighted by molar-refractivity contribution is -0.143. The summed E-state index contributed by atoms with van der Waals surface area (Å²) < 4.78 is 0. The van der Waals surface area contributed by atoms with E-state index in [-0.39, 0.29) is 5.92 Å². The van der Waals surface area contributed by atoms with Crippen LogP contribution in [0.2, 0.25) is 0 Å². The van der Waals surface area contributed by atoms with Crippen LogP contribution in [0.3, 0.4) is 0 Å². The summed E-state index contributed by atoms with van der Waals surface area (Å²) >= 11 is 0. The number of nitrogens with one attached hydrogen (secondary N) is 2. The molecular weight excluding hydrogens is 198 g/mol. The molecule has 15 heavy (non-hydrogen) atoms. The number of nitrogens with two attached hydrogens (primary N) is 1. The van der Waals surface area contributed by atoms with Crippen LogP contribution in [0.15, 0.2) is 0 Å². The molecule has 1 rings (SSSR count). The normalized spacial score (nSPS) is 25.7. The summed E-state index contributed by atoms with van der Waals surface area (Å²) in [4.78, 5) is 21.5. The Hall–Kier alpha value is -1.30. The molecule has 0 atom stereocenters. The number of hydrazine groups is 1. The van der Waals surface area contributed by atoms with Crippen molar-refractivity contribution in [2.45, 2.75) is 25.7 Å². The van der Waals surface area contributed by atoms with E-state index in [1.54, 1.807) is 0 Å². The second-order valence-corrected chi connectivity index (χ2v) is 3.91. The van der Waals surface area contributed by atoms with Crippen LogP contribution in [-0.2, 0) is 4.79 Å². The largest absolute Gasteiger partial charge is 0.481 e. The van der Waals surface area contributed by atoms with Crippen molar-refractivity contribution >= 4 is 12.0 Å². The van der Waals surface area contributed by atoms with Crippen molar-refractivity contribution in [2.75, 3.05) is 6.54 Å². The number of hydrogen-bond acceptors (Lipinski definition) is 3. The van der Waals surface area contributed by atoms with Crippen LogP contribution >= 0.6 is 0 Å². The van der Waals surface area contributed by atoms with Gasteiger partial charge in [0.05, 0.1) is 5.92 Å². The van der Waals surface area contributed by atoms with Gasteiger partial charge < -0.3 is 10.4 Å². The molecule has 0 heterocycles. The Morgan fingerprint density at radius 3 is 2.33 bits per heavy atom. The van der Waals surface area contributed by atoms with Crippen LogP contribution in [-0.4, -0.2) is 23.7 Å². The first-order chi connectivity index (χ1) is 7.13. The van der Waals surface area contributed by atoms with Gasteiger partial charge in [0.2, 0.25) is 0 Å². The molecular formula is C9H17N3O3. The number of rotatable bonds is 3. The maximum atomic E-state index is 10.8. The lowest BCUT2D eigenvalue weighted by Crippen LogP contribution is -2.42. The molecule has 1 saturated carbocycles. The average molecular weight is 215 g/mol. The van der Waals surface area contributed by atoms with Crippen molar-refractivity contribution in [3.8, 4) is 0 Å². The summed E-state index contributed by atoms with van der Waals surface area (Å²) in [6.45, 7) is 0.565. The third kappa shape index (κ3) is 3.75. The quantitative estimate of drug-likeness (QED) is 0.303. The molecule has 0 aromatic rings. The topological polar surface area (TPSA) is 104 Å². The van der Waals surface area contributed by atoms with Crippen molar-refractivity contribution in [1.29, 1.82) is 0 Å². The minimum atomic E-state index is -0.707. The first-order valence-electron chi connectivity index (χ1n) is 5.10. The number of urea groups is 1. The molecule has 0 spiro atoms. The molecule has 2 amide bonds. The van der Waals surface area contributed by atoms with Crippen LogP contribution < -0.4 is 16.6 Å². The fourth-order valence-electron chi connectivity index (χ4n) is 1.90. The van der Waals surface area contributed by atoms with E-state index in [9.17, 15) is 9.59 Å². The molecule has 0 saturated heterocycles. The molecule has 5 N–H and O–H groups in total. The maximum absolute atomic E-state index is 10.8. The van der Waals surface area contributed by atoms with Crippen LogP contribution in [0.25, 0.3) is 0 Å². The maximum Gasteiger partial charge on any atom is 0.328 e. The van der Waals surface area contributed by atoms with Crippen molar-refractivity contribution in [1.82, 2.24) is 10.7 Å². The monoisotopic (exact) mass is 215 g/mol. The van der Waals surface area contributed by atoms with Crippen LogP contribution in [0, 0.1) is 11.8 Å². The fourth-order valence-corrected chi connectivity index (χ4v) is 1.90. The minimum absolute atomic E-state index is 0.204. The molecule has 1 aliphatic carbocycles. The third-order valence-corrected chi connectivity index (χ3v) is 2.88. The Kier molecular flexibility index (Phi) is 4.36. The van der Waals surface area contributed by atoms with Crippen molar-refractivity contribution in [3.63, 3.8) is 0 Å². The molecule has 0 aromatic carbocycles. The van der Waals surface area contributed by atoms with Crippen molar-refractivity contribution in [3.05, 3.63) is 0 Å². The highest BCUT2D eigenvalue weighted by molar-refractivity contribution is 5.73. The fraction of sp³-hybridized carbons (Fsp3) is 0.778.